The van der Waals surface area contributed by atoms with Gasteiger partial charge < -0.3 is 26.2 Å². The van der Waals surface area contributed by atoms with Crippen LogP contribution in [0.4, 0.5) is 0 Å². The molecule has 3 heteroatoms. The van der Waals surface area contributed by atoms with Crippen LogP contribution < -0.4 is 21.7 Å². The predicted molar refractivity (Wildman–Crippen MR) is 54.8 cm³/mol. The topological polar surface area (TPSA) is 9.23 Å². The Labute approximate surface area is 96.9 Å². The van der Waals surface area contributed by atoms with Crippen molar-refractivity contribution in [1.29, 1.82) is 0 Å². The van der Waals surface area contributed by atoms with E-state index in [1.165, 1.54) is 0 Å². The Balaban J connectivity index is 0.00000169. The van der Waals surface area contributed by atoms with E-state index in [0.29, 0.717) is 0 Å². The van der Waals surface area contributed by atoms with Crippen molar-refractivity contribution in [2.75, 3.05) is 34.3 Å². The molecule has 14 heavy (non-hydrogen) atoms. The van der Waals surface area contributed by atoms with Crippen molar-refractivity contribution in [3.05, 3.63) is 30.3 Å². The number of benzene rings is 1. The number of para-hydroxylation sites is 1. The Morgan fingerprint density at radius 1 is 1.07 bits per heavy atom. The fraction of sp³-hybridized carbons (Fsp3) is 0.455. The summed E-state index contributed by atoms with van der Waals surface area (Å²) in [6.45, 7) is 1.79. The first-order chi connectivity index (χ1) is 6.08. The molecule has 2 nitrogen and oxygen atoms in total. The number of halogens is 1. The molecule has 80 valence electrons. The van der Waals surface area contributed by atoms with Crippen LogP contribution in [0.3, 0.4) is 0 Å². The minimum absolute atomic E-state index is 0. The Morgan fingerprint density at radius 3 is 2.14 bits per heavy atom. The molecule has 0 saturated heterocycles. The Morgan fingerprint density at radius 2 is 1.64 bits per heavy atom. The van der Waals surface area contributed by atoms with Gasteiger partial charge in [-0.2, -0.15) is 0 Å². The molecule has 0 aliphatic heterocycles. The second kappa shape index (κ2) is 6.04. The van der Waals surface area contributed by atoms with E-state index in [2.05, 4.69) is 21.1 Å². The molecule has 1 aromatic rings. The largest absolute Gasteiger partial charge is 1.00 e. The highest BCUT2D eigenvalue weighted by atomic mass is 79.9. The van der Waals surface area contributed by atoms with Crippen molar-refractivity contribution < 1.29 is 26.2 Å². The SMILES string of the molecule is C[N+](C)(C)CCOc1ccccc1.[Br-]. The van der Waals surface area contributed by atoms with Crippen molar-refractivity contribution in [3.8, 4) is 5.75 Å². The molecule has 0 heterocycles. The number of nitrogens with zero attached hydrogens (tertiary/aromatic N) is 1. The lowest BCUT2D eigenvalue weighted by Crippen LogP contribution is -3.00. The van der Waals surface area contributed by atoms with Crippen molar-refractivity contribution in [2.24, 2.45) is 0 Å². The molecule has 1 rings (SSSR count). The molecular weight excluding hydrogens is 242 g/mol. The average molecular weight is 260 g/mol. The highest BCUT2D eigenvalue weighted by molar-refractivity contribution is 5.20. The molecule has 0 amide bonds. The number of hydrogen-bond donors (Lipinski definition) is 0. The summed E-state index contributed by atoms with van der Waals surface area (Å²) >= 11 is 0. The first-order valence-corrected chi connectivity index (χ1v) is 4.56. The van der Waals surface area contributed by atoms with E-state index in [1.807, 2.05) is 30.3 Å². The fourth-order valence-corrected chi connectivity index (χ4v) is 0.954. The van der Waals surface area contributed by atoms with Crippen LogP contribution in [0.1, 0.15) is 0 Å². The molecule has 0 aliphatic carbocycles. The number of likely N-dealkylation sites (N-methyl/N-ethyl adjacent to an activating group) is 1. The van der Waals surface area contributed by atoms with E-state index in [4.69, 9.17) is 4.74 Å². The first kappa shape index (κ1) is 13.5. The molecule has 0 aromatic heterocycles. The molecule has 0 bridgehead atoms. The van der Waals surface area contributed by atoms with E-state index in [0.717, 1.165) is 23.4 Å². The van der Waals surface area contributed by atoms with Gasteiger partial charge in [-0.15, -0.1) is 0 Å². The molecule has 0 N–H and O–H groups in total. The second-order valence-corrected chi connectivity index (χ2v) is 4.18. The lowest BCUT2D eigenvalue weighted by Gasteiger charge is -2.23. The third-order valence-corrected chi connectivity index (χ3v) is 1.77. The molecule has 0 aliphatic rings. The summed E-state index contributed by atoms with van der Waals surface area (Å²) in [5, 5.41) is 0. The monoisotopic (exact) mass is 259 g/mol. The van der Waals surface area contributed by atoms with Crippen LogP contribution in [0.25, 0.3) is 0 Å². The number of hydrogen-bond acceptors (Lipinski definition) is 1. The average Bonchev–Trinajstić information content (AvgIpc) is 2.04. The Bertz CT molecular complexity index is 243. The maximum absolute atomic E-state index is 5.57. The number of ether oxygens (including phenoxy) is 1. The maximum atomic E-state index is 5.57. The molecule has 0 unspecified atom stereocenters. The van der Waals surface area contributed by atoms with Crippen molar-refractivity contribution in [1.82, 2.24) is 0 Å². The van der Waals surface area contributed by atoms with Gasteiger partial charge in [0.1, 0.15) is 18.9 Å². The molecule has 0 saturated carbocycles. The van der Waals surface area contributed by atoms with E-state index in [9.17, 15) is 0 Å². The fourth-order valence-electron chi connectivity index (χ4n) is 0.954. The summed E-state index contributed by atoms with van der Waals surface area (Å²) in [4.78, 5) is 0. The molecule has 0 spiro atoms. The van der Waals surface area contributed by atoms with Gasteiger partial charge >= 0.3 is 0 Å². The zero-order chi connectivity index (χ0) is 9.73. The van der Waals surface area contributed by atoms with Crippen LogP contribution in [-0.4, -0.2) is 38.8 Å². The van der Waals surface area contributed by atoms with Gasteiger partial charge in [0.15, 0.2) is 0 Å². The maximum Gasteiger partial charge on any atom is 0.137 e. The van der Waals surface area contributed by atoms with Crippen molar-refractivity contribution in [2.45, 2.75) is 0 Å². The number of rotatable bonds is 4. The minimum atomic E-state index is 0. The zero-order valence-corrected chi connectivity index (χ0v) is 10.6. The van der Waals surface area contributed by atoms with Crippen LogP contribution in [0.15, 0.2) is 30.3 Å². The Hall–Kier alpha value is -0.540. The third kappa shape index (κ3) is 6.00. The molecular formula is C11H18BrNO. The lowest BCUT2D eigenvalue weighted by atomic mass is 10.3. The lowest BCUT2D eigenvalue weighted by molar-refractivity contribution is -0.870. The van der Waals surface area contributed by atoms with Gasteiger partial charge in [-0.3, -0.25) is 0 Å². The second-order valence-electron chi connectivity index (χ2n) is 4.18. The summed E-state index contributed by atoms with van der Waals surface area (Å²) < 4.78 is 6.50. The van der Waals surface area contributed by atoms with E-state index >= 15 is 0 Å². The summed E-state index contributed by atoms with van der Waals surface area (Å²) in [5.41, 5.74) is 0. The van der Waals surface area contributed by atoms with Crippen LogP contribution >= 0.6 is 0 Å². The van der Waals surface area contributed by atoms with Crippen molar-refractivity contribution in [3.63, 3.8) is 0 Å². The van der Waals surface area contributed by atoms with Gasteiger partial charge in [0, 0.05) is 0 Å². The van der Waals surface area contributed by atoms with Gasteiger partial charge in [-0.1, -0.05) is 18.2 Å². The van der Waals surface area contributed by atoms with Crippen molar-refractivity contribution >= 4 is 0 Å². The first-order valence-electron chi connectivity index (χ1n) is 4.56. The van der Waals surface area contributed by atoms with Gasteiger partial charge in [-0.05, 0) is 12.1 Å². The summed E-state index contributed by atoms with van der Waals surface area (Å²) in [5.74, 6) is 0.955. The standard InChI is InChI=1S/C11H18NO.BrH/c1-12(2,3)9-10-13-11-7-5-4-6-8-11;/h4-8H,9-10H2,1-3H3;1H/q+1;/p-1. The van der Waals surface area contributed by atoms with Crippen LogP contribution in [0.5, 0.6) is 5.75 Å². The highest BCUT2D eigenvalue weighted by Crippen LogP contribution is 2.07. The normalized spacial score (nSPS) is 10.5. The molecule has 1 aromatic carbocycles. The number of quaternary nitrogens is 1. The van der Waals surface area contributed by atoms with Crippen LogP contribution in [0, 0.1) is 0 Å². The zero-order valence-electron chi connectivity index (χ0n) is 9.03. The van der Waals surface area contributed by atoms with E-state index in [1.54, 1.807) is 0 Å². The van der Waals surface area contributed by atoms with Gasteiger partial charge in [0.05, 0.1) is 21.1 Å². The van der Waals surface area contributed by atoms with Crippen LogP contribution in [-0.2, 0) is 0 Å². The minimum Gasteiger partial charge on any atom is -1.00 e. The van der Waals surface area contributed by atoms with Gasteiger partial charge in [0.25, 0.3) is 0 Å². The molecule has 0 fully saturated rings. The quantitative estimate of drug-likeness (QED) is 0.616. The summed E-state index contributed by atoms with van der Waals surface area (Å²) in [7, 11) is 6.48. The molecule has 0 atom stereocenters. The van der Waals surface area contributed by atoms with Crippen LogP contribution in [0.2, 0.25) is 0 Å². The van der Waals surface area contributed by atoms with Gasteiger partial charge in [-0.25, -0.2) is 0 Å². The van der Waals surface area contributed by atoms with E-state index in [-0.39, 0.29) is 17.0 Å². The van der Waals surface area contributed by atoms with Gasteiger partial charge in [0.2, 0.25) is 0 Å². The molecule has 0 radical (unpaired) electrons. The highest BCUT2D eigenvalue weighted by Gasteiger charge is 2.05. The summed E-state index contributed by atoms with van der Waals surface area (Å²) in [6, 6.07) is 9.93. The van der Waals surface area contributed by atoms with E-state index < -0.39 is 0 Å². The summed E-state index contributed by atoms with van der Waals surface area (Å²) in [6.07, 6.45) is 0. The third-order valence-electron chi connectivity index (χ3n) is 1.77. The Kier molecular flexibility index (Phi) is 5.81. The predicted octanol–water partition coefficient (Wildman–Crippen LogP) is -1.22. The smallest absolute Gasteiger partial charge is 0.137 e.